The zero-order chi connectivity index (χ0) is 8.27. The van der Waals surface area contributed by atoms with E-state index in [0.29, 0.717) is 6.04 Å². The Hall–Kier alpha value is -0.0800. The summed E-state index contributed by atoms with van der Waals surface area (Å²) in [4.78, 5) is 0. The fraction of sp³-hybridized carbons (Fsp3) is 1.00. The van der Waals surface area contributed by atoms with Gasteiger partial charge >= 0.3 is 0 Å². The minimum absolute atomic E-state index is 0.155. The van der Waals surface area contributed by atoms with Crippen LogP contribution in [0.3, 0.4) is 0 Å². The molecular weight excluding hydrogens is 138 g/mol. The summed E-state index contributed by atoms with van der Waals surface area (Å²) in [6, 6.07) is 0.554. The van der Waals surface area contributed by atoms with E-state index in [1.54, 1.807) is 0 Å². The van der Waals surface area contributed by atoms with Crippen molar-refractivity contribution in [2.75, 3.05) is 6.54 Å². The zero-order valence-electron chi connectivity index (χ0n) is 7.51. The van der Waals surface area contributed by atoms with Crippen LogP contribution in [0.1, 0.15) is 33.1 Å². The Morgan fingerprint density at radius 2 is 2.36 bits per heavy atom. The molecule has 0 bridgehead atoms. The van der Waals surface area contributed by atoms with Gasteiger partial charge in [-0.2, -0.15) is 0 Å². The van der Waals surface area contributed by atoms with Gasteiger partial charge in [-0.15, -0.1) is 0 Å². The van der Waals surface area contributed by atoms with Crippen molar-refractivity contribution < 1.29 is 5.11 Å². The molecule has 1 fully saturated rings. The number of piperidine rings is 1. The second-order valence-corrected chi connectivity index (χ2v) is 3.87. The summed E-state index contributed by atoms with van der Waals surface area (Å²) >= 11 is 0. The van der Waals surface area contributed by atoms with Crippen molar-refractivity contribution >= 4 is 0 Å². The molecule has 0 aliphatic carbocycles. The summed E-state index contributed by atoms with van der Waals surface area (Å²) in [5, 5.41) is 12.6. The molecule has 1 aliphatic heterocycles. The molecule has 0 saturated carbocycles. The van der Waals surface area contributed by atoms with Crippen LogP contribution in [0.15, 0.2) is 0 Å². The monoisotopic (exact) mass is 157 g/mol. The molecule has 1 rings (SSSR count). The minimum Gasteiger partial charge on any atom is -0.393 e. The highest BCUT2D eigenvalue weighted by Gasteiger charge is 2.18. The molecule has 11 heavy (non-hydrogen) atoms. The van der Waals surface area contributed by atoms with Crippen molar-refractivity contribution in [2.45, 2.75) is 45.3 Å². The highest BCUT2D eigenvalue weighted by Crippen LogP contribution is 2.17. The lowest BCUT2D eigenvalue weighted by atomic mass is 9.91. The Bertz CT molecular complexity index is 112. The number of rotatable bonds is 2. The lowest BCUT2D eigenvalue weighted by molar-refractivity contribution is 0.153. The van der Waals surface area contributed by atoms with Crippen LogP contribution < -0.4 is 5.32 Å². The maximum Gasteiger partial charge on any atom is 0.0526 e. The third kappa shape index (κ3) is 3.21. The van der Waals surface area contributed by atoms with Gasteiger partial charge in [-0.25, -0.2) is 0 Å². The fourth-order valence-corrected chi connectivity index (χ4v) is 1.81. The van der Waals surface area contributed by atoms with Crippen LogP contribution in [-0.2, 0) is 0 Å². The van der Waals surface area contributed by atoms with Gasteiger partial charge in [0.1, 0.15) is 0 Å². The smallest absolute Gasteiger partial charge is 0.0526 e. The quantitative estimate of drug-likeness (QED) is 0.630. The first-order valence-electron chi connectivity index (χ1n) is 4.60. The van der Waals surface area contributed by atoms with Crippen LogP contribution in [0.2, 0.25) is 0 Å². The Kier molecular flexibility index (Phi) is 3.34. The Balaban J connectivity index is 2.23. The van der Waals surface area contributed by atoms with Crippen molar-refractivity contribution in [2.24, 2.45) is 5.92 Å². The Morgan fingerprint density at radius 1 is 1.64 bits per heavy atom. The van der Waals surface area contributed by atoms with Gasteiger partial charge in [0.2, 0.25) is 0 Å². The molecule has 1 heterocycles. The van der Waals surface area contributed by atoms with Gasteiger partial charge in [0.15, 0.2) is 0 Å². The van der Waals surface area contributed by atoms with Gasteiger partial charge in [-0.1, -0.05) is 6.92 Å². The van der Waals surface area contributed by atoms with Gasteiger partial charge < -0.3 is 10.4 Å². The number of hydrogen-bond donors (Lipinski definition) is 2. The predicted octanol–water partition coefficient (Wildman–Crippen LogP) is 1.15. The predicted molar refractivity (Wildman–Crippen MR) is 46.5 cm³/mol. The molecule has 66 valence electrons. The molecule has 2 heteroatoms. The number of hydrogen-bond acceptors (Lipinski definition) is 2. The van der Waals surface area contributed by atoms with Gasteiger partial charge in [-0.05, 0) is 38.6 Å². The number of aliphatic hydroxyl groups is 1. The van der Waals surface area contributed by atoms with E-state index in [4.69, 9.17) is 5.11 Å². The third-order valence-electron chi connectivity index (χ3n) is 2.38. The van der Waals surface area contributed by atoms with Gasteiger partial charge in [0, 0.05) is 6.04 Å². The zero-order valence-corrected chi connectivity index (χ0v) is 7.51. The van der Waals surface area contributed by atoms with E-state index in [0.717, 1.165) is 18.9 Å². The number of aliphatic hydroxyl groups excluding tert-OH is 1. The molecule has 1 aliphatic rings. The second-order valence-electron chi connectivity index (χ2n) is 3.87. The Labute approximate surface area is 69.0 Å². The summed E-state index contributed by atoms with van der Waals surface area (Å²) < 4.78 is 0. The molecule has 0 spiro atoms. The standard InChI is InChI=1S/C9H19NO/c1-7-3-4-10-9(5-7)6-8(2)11/h7-11H,3-6H2,1-2H3. The van der Waals surface area contributed by atoms with E-state index in [1.807, 2.05) is 6.92 Å². The molecule has 3 unspecified atom stereocenters. The lowest BCUT2D eigenvalue weighted by Crippen LogP contribution is -2.39. The van der Waals surface area contributed by atoms with Crippen LogP contribution in [-0.4, -0.2) is 23.8 Å². The summed E-state index contributed by atoms with van der Waals surface area (Å²) in [7, 11) is 0. The highest BCUT2D eigenvalue weighted by molar-refractivity contribution is 4.77. The molecule has 1 saturated heterocycles. The van der Waals surface area contributed by atoms with Crippen molar-refractivity contribution in [1.82, 2.24) is 5.32 Å². The first kappa shape index (κ1) is 9.01. The molecule has 0 aromatic carbocycles. The first-order valence-corrected chi connectivity index (χ1v) is 4.60. The second kappa shape index (κ2) is 4.07. The van der Waals surface area contributed by atoms with E-state index in [1.165, 1.54) is 12.8 Å². The van der Waals surface area contributed by atoms with Crippen molar-refractivity contribution in [3.63, 3.8) is 0 Å². The normalized spacial score (nSPS) is 35.2. The van der Waals surface area contributed by atoms with Crippen LogP contribution in [0.4, 0.5) is 0 Å². The van der Waals surface area contributed by atoms with E-state index >= 15 is 0 Å². The summed E-state index contributed by atoms with van der Waals surface area (Å²) in [5.41, 5.74) is 0. The Morgan fingerprint density at radius 3 is 2.91 bits per heavy atom. The van der Waals surface area contributed by atoms with Gasteiger partial charge in [0.05, 0.1) is 6.10 Å². The molecule has 0 aromatic heterocycles. The average molecular weight is 157 g/mol. The van der Waals surface area contributed by atoms with Crippen LogP contribution in [0.5, 0.6) is 0 Å². The van der Waals surface area contributed by atoms with E-state index in [9.17, 15) is 0 Å². The largest absolute Gasteiger partial charge is 0.393 e. The molecule has 0 aromatic rings. The molecular formula is C9H19NO. The topological polar surface area (TPSA) is 32.3 Å². The molecule has 2 N–H and O–H groups in total. The minimum atomic E-state index is -0.155. The van der Waals surface area contributed by atoms with Crippen molar-refractivity contribution in [3.05, 3.63) is 0 Å². The van der Waals surface area contributed by atoms with Gasteiger partial charge in [-0.3, -0.25) is 0 Å². The van der Waals surface area contributed by atoms with Crippen LogP contribution in [0, 0.1) is 5.92 Å². The highest BCUT2D eigenvalue weighted by atomic mass is 16.3. The summed E-state index contributed by atoms with van der Waals surface area (Å²) in [5.74, 6) is 0.833. The van der Waals surface area contributed by atoms with E-state index in [-0.39, 0.29) is 6.10 Å². The molecule has 0 radical (unpaired) electrons. The third-order valence-corrected chi connectivity index (χ3v) is 2.38. The molecule has 3 atom stereocenters. The van der Waals surface area contributed by atoms with Crippen molar-refractivity contribution in [3.8, 4) is 0 Å². The fourth-order valence-electron chi connectivity index (χ4n) is 1.81. The lowest BCUT2D eigenvalue weighted by Gasteiger charge is -2.28. The SMILES string of the molecule is CC(O)CC1CC(C)CCN1. The van der Waals surface area contributed by atoms with E-state index in [2.05, 4.69) is 12.2 Å². The average Bonchev–Trinajstić information content (AvgIpc) is 1.85. The van der Waals surface area contributed by atoms with E-state index < -0.39 is 0 Å². The summed E-state index contributed by atoms with van der Waals surface area (Å²) in [6.07, 6.45) is 3.27. The summed E-state index contributed by atoms with van der Waals surface area (Å²) in [6.45, 7) is 5.27. The maximum atomic E-state index is 9.15. The van der Waals surface area contributed by atoms with Crippen LogP contribution >= 0.6 is 0 Å². The first-order chi connectivity index (χ1) is 5.18. The van der Waals surface area contributed by atoms with Crippen molar-refractivity contribution in [1.29, 1.82) is 0 Å². The van der Waals surface area contributed by atoms with Gasteiger partial charge in [0.25, 0.3) is 0 Å². The maximum absolute atomic E-state index is 9.15. The molecule has 0 amide bonds. The van der Waals surface area contributed by atoms with Crippen LogP contribution in [0.25, 0.3) is 0 Å². The molecule has 2 nitrogen and oxygen atoms in total. The number of nitrogens with one attached hydrogen (secondary N) is 1.